The number of hydrogen-bond acceptors (Lipinski definition) is 3. The highest BCUT2D eigenvalue weighted by atomic mass is 16.3. The van der Waals surface area contributed by atoms with Crippen LogP contribution in [0.2, 0.25) is 0 Å². The fourth-order valence-electron chi connectivity index (χ4n) is 2.79. The van der Waals surface area contributed by atoms with E-state index in [1.165, 1.54) is 0 Å². The summed E-state index contributed by atoms with van der Waals surface area (Å²) in [6, 6.07) is 7.57. The summed E-state index contributed by atoms with van der Waals surface area (Å²) in [6.07, 6.45) is 2.95. The van der Waals surface area contributed by atoms with Crippen LogP contribution >= 0.6 is 0 Å². The molecule has 0 saturated heterocycles. The number of aromatic nitrogens is 1. The van der Waals surface area contributed by atoms with Crippen LogP contribution in [0, 0.1) is 0 Å². The SMILES string of the molecule is Nc1cccc2cc(C(=O)NC3CCC(O)CC3)[nH]c12. The van der Waals surface area contributed by atoms with Gasteiger partial charge in [0.25, 0.3) is 5.91 Å². The average molecular weight is 273 g/mol. The third-order valence-corrected chi connectivity index (χ3v) is 3.96. The Labute approximate surface area is 117 Å². The van der Waals surface area contributed by atoms with Gasteiger partial charge in [-0.15, -0.1) is 0 Å². The maximum atomic E-state index is 12.2. The zero-order valence-corrected chi connectivity index (χ0v) is 11.2. The van der Waals surface area contributed by atoms with Crippen molar-refractivity contribution >= 4 is 22.5 Å². The summed E-state index contributed by atoms with van der Waals surface area (Å²) < 4.78 is 0. The number of nitrogens with one attached hydrogen (secondary N) is 2. The fraction of sp³-hybridized carbons (Fsp3) is 0.400. The number of hydrogen-bond donors (Lipinski definition) is 4. The van der Waals surface area contributed by atoms with Gasteiger partial charge in [0.2, 0.25) is 0 Å². The molecule has 106 valence electrons. The zero-order chi connectivity index (χ0) is 14.1. The Morgan fingerprint density at radius 3 is 2.75 bits per heavy atom. The molecular weight excluding hydrogens is 254 g/mol. The number of H-pyrrole nitrogens is 1. The Hall–Kier alpha value is -2.01. The van der Waals surface area contributed by atoms with Crippen LogP contribution in [0.1, 0.15) is 36.2 Å². The lowest BCUT2D eigenvalue weighted by molar-refractivity contribution is 0.0864. The maximum Gasteiger partial charge on any atom is 0.267 e. The van der Waals surface area contributed by atoms with Gasteiger partial charge in [0.05, 0.1) is 17.3 Å². The Kier molecular flexibility index (Phi) is 3.36. The smallest absolute Gasteiger partial charge is 0.267 e. The fourth-order valence-corrected chi connectivity index (χ4v) is 2.79. The number of aliphatic hydroxyl groups excluding tert-OH is 1. The van der Waals surface area contributed by atoms with Gasteiger partial charge in [0.15, 0.2) is 0 Å². The number of benzene rings is 1. The van der Waals surface area contributed by atoms with Gasteiger partial charge in [-0.05, 0) is 37.8 Å². The van der Waals surface area contributed by atoms with Gasteiger partial charge in [-0.2, -0.15) is 0 Å². The van der Waals surface area contributed by atoms with Gasteiger partial charge in [0.1, 0.15) is 5.69 Å². The second kappa shape index (κ2) is 5.17. The second-order valence-corrected chi connectivity index (χ2v) is 5.47. The number of anilines is 1. The van der Waals surface area contributed by atoms with Gasteiger partial charge in [0, 0.05) is 11.4 Å². The number of fused-ring (bicyclic) bond motifs is 1. The highest BCUT2D eigenvalue weighted by molar-refractivity contribution is 6.00. The number of amides is 1. The molecule has 0 bridgehead atoms. The molecule has 1 fully saturated rings. The summed E-state index contributed by atoms with van der Waals surface area (Å²) >= 11 is 0. The minimum atomic E-state index is -0.212. The molecule has 2 aromatic rings. The van der Waals surface area contributed by atoms with E-state index in [2.05, 4.69) is 10.3 Å². The van der Waals surface area contributed by atoms with E-state index in [9.17, 15) is 9.90 Å². The van der Waals surface area contributed by atoms with Crippen molar-refractivity contribution in [2.75, 3.05) is 5.73 Å². The van der Waals surface area contributed by atoms with Gasteiger partial charge in [-0.25, -0.2) is 0 Å². The minimum absolute atomic E-state index is 0.109. The molecule has 20 heavy (non-hydrogen) atoms. The number of nitrogen functional groups attached to an aromatic ring is 1. The largest absolute Gasteiger partial charge is 0.397 e. The third-order valence-electron chi connectivity index (χ3n) is 3.96. The van der Waals surface area contributed by atoms with Crippen molar-refractivity contribution in [1.82, 2.24) is 10.3 Å². The summed E-state index contributed by atoms with van der Waals surface area (Å²) in [5.41, 5.74) is 7.85. The molecule has 5 N–H and O–H groups in total. The quantitative estimate of drug-likeness (QED) is 0.629. The van der Waals surface area contributed by atoms with Crippen LogP contribution in [0.25, 0.3) is 10.9 Å². The van der Waals surface area contributed by atoms with Crippen LogP contribution in [0.5, 0.6) is 0 Å². The monoisotopic (exact) mass is 273 g/mol. The Bertz CT molecular complexity index is 627. The van der Waals surface area contributed by atoms with E-state index >= 15 is 0 Å². The molecule has 5 heteroatoms. The number of carbonyl (C=O) groups excluding carboxylic acids is 1. The number of aliphatic hydroxyl groups is 1. The topological polar surface area (TPSA) is 91.1 Å². The predicted octanol–water partition coefficient (Wildman–Crippen LogP) is 1.78. The molecule has 0 radical (unpaired) electrons. The lowest BCUT2D eigenvalue weighted by Gasteiger charge is -2.25. The molecule has 0 unspecified atom stereocenters. The first kappa shape index (κ1) is 13.0. The van der Waals surface area contributed by atoms with Crippen molar-refractivity contribution in [2.45, 2.75) is 37.8 Å². The molecule has 1 aliphatic rings. The zero-order valence-electron chi connectivity index (χ0n) is 11.2. The lowest BCUT2D eigenvalue weighted by atomic mass is 9.93. The van der Waals surface area contributed by atoms with Crippen molar-refractivity contribution in [3.8, 4) is 0 Å². The highest BCUT2D eigenvalue weighted by Gasteiger charge is 2.21. The molecule has 1 aliphatic carbocycles. The predicted molar refractivity (Wildman–Crippen MR) is 78.4 cm³/mol. The number of rotatable bonds is 2. The molecule has 5 nitrogen and oxygen atoms in total. The van der Waals surface area contributed by atoms with E-state index < -0.39 is 0 Å². The van der Waals surface area contributed by atoms with Crippen molar-refractivity contribution in [3.05, 3.63) is 30.0 Å². The summed E-state index contributed by atoms with van der Waals surface area (Å²) in [4.78, 5) is 15.3. The lowest BCUT2D eigenvalue weighted by Crippen LogP contribution is -2.38. The normalized spacial score (nSPS) is 22.9. The van der Waals surface area contributed by atoms with Gasteiger partial charge >= 0.3 is 0 Å². The molecule has 0 atom stereocenters. The van der Waals surface area contributed by atoms with E-state index in [1.807, 2.05) is 24.3 Å². The van der Waals surface area contributed by atoms with Crippen molar-refractivity contribution in [1.29, 1.82) is 0 Å². The van der Waals surface area contributed by atoms with Gasteiger partial charge < -0.3 is 21.1 Å². The Morgan fingerprint density at radius 2 is 2.05 bits per heavy atom. The first-order valence-corrected chi connectivity index (χ1v) is 6.99. The van der Waals surface area contributed by atoms with E-state index in [0.717, 1.165) is 36.6 Å². The van der Waals surface area contributed by atoms with Gasteiger partial charge in [-0.1, -0.05) is 12.1 Å². The van der Waals surface area contributed by atoms with Crippen LogP contribution < -0.4 is 11.1 Å². The van der Waals surface area contributed by atoms with Crippen LogP contribution in [0.3, 0.4) is 0 Å². The van der Waals surface area contributed by atoms with Crippen LogP contribution in [-0.2, 0) is 0 Å². The molecule has 1 aromatic carbocycles. The standard InChI is InChI=1S/C15H19N3O2/c16-12-3-1-2-9-8-13(18-14(9)12)15(20)17-10-4-6-11(19)7-5-10/h1-3,8,10-11,18-19H,4-7,16H2,(H,17,20). The Morgan fingerprint density at radius 1 is 1.30 bits per heavy atom. The molecule has 3 rings (SSSR count). The van der Waals surface area contributed by atoms with E-state index in [4.69, 9.17) is 5.73 Å². The molecule has 1 heterocycles. The van der Waals surface area contributed by atoms with Gasteiger partial charge in [-0.3, -0.25) is 4.79 Å². The molecular formula is C15H19N3O2. The maximum absolute atomic E-state index is 12.2. The van der Waals surface area contributed by atoms with E-state index in [0.29, 0.717) is 11.4 Å². The number of carbonyl (C=O) groups is 1. The van der Waals surface area contributed by atoms with Crippen molar-refractivity contribution in [2.24, 2.45) is 0 Å². The number of nitrogens with two attached hydrogens (primary N) is 1. The van der Waals surface area contributed by atoms with Crippen LogP contribution in [-0.4, -0.2) is 28.1 Å². The van der Waals surface area contributed by atoms with E-state index in [1.54, 1.807) is 0 Å². The molecule has 1 aromatic heterocycles. The summed E-state index contributed by atoms with van der Waals surface area (Å²) in [5.74, 6) is -0.109. The first-order valence-electron chi connectivity index (χ1n) is 6.99. The van der Waals surface area contributed by atoms with Crippen molar-refractivity contribution in [3.63, 3.8) is 0 Å². The third kappa shape index (κ3) is 2.49. The number of aromatic amines is 1. The minimum Gasteiger partial charge on any atom is -0.397 e. The summed E-state index contributed by atoms with van der Waals surface area (Å²) in [7, 11) is 0. The number of para-hydroxylation sites is 1. The Balaban J connectivity index is 1.74. The molecule has 0 aliphatic heterocycles. The molecule has 0 spiro atoms. The molecule has 1 amide bonds. The first-order chi connectivity index (χ1) is 9.63. The molecule has 1 saturated carbocycles. The van der Waals surface area contributed by atoms with E-state index in [-0.39, 0.29) is 18.1 Å². The van der Waals surface area contributed by atoms with Crippen LogP contribution in [0.15, 0.2) is 24.3 Å². The van der Waals surface area contributed by atoms with Crippen molar-refractivity contribution < 1.29 is 9.90 Å². The van der Waals surface area contributed by atoms with Crippen LogP contribution in [0.4, 0.5) is 5.69 Å². The highest BCUT2D eigenvalue weighted by Crippen LogP contribution is 2.22. The second-order valence-electron chi connectivity index (χ2n) is 5.47. The summed E-state index contributed by atoms with van der Waals surface area (Å²) in [6.45, 7) is 0. The average Bonchev–Trinajstić information content (AvgIpc) is 2.87. The summed E-state index contributed by atoms with van der Waals surface area (Å²) in [5, 5.41) is 13.4.